The summed E-state index contributed by atoms with van der Waals surface area (Å²) in [5.41, 5.74) is 1.00. The van der Waals surface area contributed by atoms with Gasteiger partial charge >= 0.3 is 0 Å². The zero-order valence-corrected chi connectivity index (χ0v) is 19.2. The molecule has 8 nitrogen and oxygen atoms in total. The van der Waals surface area contributed by atoms with Gasteiger partial charge in [-0.05, 0) is 52.1 Å². The van der Waals surface area contributed by atoms with Crippen molar-refractivity contribution >= 4 is 5.96 Å². The minimum atomic E-state index is 0.575. The van der Waals surface area contributed by atoms with E-state index >= 15 is 0 Å². The van der Waals surface area contributed by atoms with Gasteiger partial charge in [0.2, 0.25) is 5.89 Å². The van der Waals surface area contributed by atoms with Gasteiger partial charge in [-0.15, -0.1) is 0 Å². The minimum absolute atomic E-state index is 0.575. The molecule has 0 spiro atoms. The van der Waals surface area contributed by atoms with Crippen LogP contribution < -0.4 is 5.32 Å². The van der Waals surface area contributed by atoms with Crippen molar-refractivity contribution in [2.24, 2.45) is 16.8 Å². The molecule has 3 heterocycles. The number of aryl methyl sites for hydroxylation is 2. The quantitative estimate of drug-likeness (QED) is 0.372. The van der Waals surface area contributed by atoms with Crippen molar-refractivity contribution in [2.45, 2.75) is 39.7 Å². The van der Waals surface area contributed by atoms with Crippen LogP contribution in [-0.2, 0) is 16.0 Å². The van der Waals surface area contributed by atoms with E-state index in [1.807, 2.05) is 20.9 Å². The number of rotatable bonds is 9. The summed E-state index contributed by atoms with van der Waals surface area (Å²) in [7, 11) is 3.59. The largest absolute Gasteiger partial charge is 0.444 e. The third-order valence-electron chi connectivity index (χ3n) is 6.27. The molecule has 0 saturated carbocycles. The topological polar surface area (TPSA) is 75.4 Å². The average Bonchev–Trinajstić information content (AvgIpc) is 3.33. The molecular formula is C22H39N5O3. The van der Waals surface area contributed by atoms with Gasteiger partial charge in [-0.1, -0.05) is 0 Å². The lowest BCUT2D eigenvalue weighted by Crippen LogP contribution is -2.44. The highest BCUT2D eigenvalue weighted by atomic mass is 16.5. The Labute approximate surface area is 181 Å². The smallest absolute Gasteiger partial charge is 0.208 e. The summed E-state index contributed by atoms with van der Waals surface area (Å²) in [6.07, 6.45) is 3.54. The van der Waals surface area contributed by atoms with E-state index in [1.54, 1.807) is 7.11 Å². The monoisotopic (exact) mass is 421 g/mol. The van der Waals surface area contributed by atoms with Crippen LogP contribution in [-0.4, -0.2) is 87.4 Å². The summed E-state index contributed by atoms with van der Waals surface area (Å²) in [6.45, 7) is 12.2. The van der Waals surface area contributed by atoms with Crippen molar-refractivity contribution in [3.8, 4) is 0 Å². The standard InChI is InChI=1S/C22H39N5O3/c1-17-18(2)30-21(25-17)15-26-8-5-19(6-9-26)13-24-22(23-3)27-10-7-20(14-27)16-29-12-11-28-4/h19-20H,5-16H2,1-4H3,(H,23,24). The Kier molecular flexibility index (Phi) is 8.96. The van der Waals surface area contributed by atoms with E-state index in [0.717, 1.165) is 75.6 Å². The predicted octanol–water partition coefficient (Wildman–Crippen LogP) is 2.06. The fourth-order valence-corrected chi connectivity index (χ4v) is 4.27. The molecule has 0 radical (unpaired) electrons. The normalized spacial score (nSPS) is 21.5. The fraction of sp³-hybridized carbons (Fsp3) is 0.818. The first-order valence-corrected chi connectivity index (χ1v) is 11.3. The van der Waals surface area contributed by atoms with E-state index in [9.17, 15) is 0 Å². The van der Waals surface area contributed by atoms with Crippen LogP contribution in [0.1, 0.15) is 36.6 Å². The summed E-state index contributed by atoms with van der Waals surface area (Å²) in [4.78, 5) is 13.9. The second kappa shape index (κ2) is 11.7. The van der Waals surface area contributed by atoms with Crippen LogP contribution in [0, 0.1) is 25.7 Å². The van der Waals surface area contributed by atoms with E-state index in [1.165, 1.54) is 12.8 Å². The molecule has 0 bridgehead atoms. The second-order valence-electron chi connectivity index (χ2n) is 8.57. The molecule has 1 unspecified atom stereocenters. The maximum absolute atomic E-state index is 5.74. The molecule has 0 amide bonds. The van der Waals surface area contributed by atoms with Crippen molar-refractivity contribution < 1.29 is 13.9 Å². The van der Waals surface area contributed by atoms with Gasteiger partial charge in [0.15, 0.2) is 5.96 Å². The number of aliphatic imine (C=N–C) groups is 1. The molecule has 170 valence electrons. The van der Waals surface area contributed by atoms with E-state index in [4.69, 9.17) is 13.9 Å². The minimum Gasteiger partial charge on any atom is -0.444 e. The van der Waals surface area contributed by atoms with E-state index in [0.29, 0.717) is 25.0 Å². The highest BCUT2D eigenvalue weighted by Gasteiger charge is 2.26. The van der Waals surface area contributed by atoms with Gasteiger partial charge in [-0.2, -0.15) is 0 Å². The summed E-state index contributed by atoms with van der Waals surface area (Å²) < 4.78 is 16.5. The zero-order chi connectivity index (χ0) is 21.3. The van der Waals surface area contributed by atoms with E-state index < -0.39 is 0 Å². The van der Waals surface area contributed by atoms with Gasteiger partial charge in [0.1, 0.15) is 5.76 Å². The first-order valence-electron chi connectivity index (χ1n) is 11.3. The molecule has 1 atom stereocenters. The van der Waals surface area contributed by atoms with Gasteiger partial charge < -0.3 is 24.1 Å². The molecule has 1 N–H and O–H groups in total. The van der Waals surface area contributed by atoms with Crippen LogP contribution in [0.15, 0.2) is 9.41 Å². The summed E-state index contributed by atoms with van der Waals surface area (Å²) in [5, 5.41) is 3.62. The molecule has 30 heavy (non-hydrogen) atoms. The molecular weight excluding hydrogens is 382 g/mol. The Hall–Kier alpha value is -1.64. The number of methoxy groups -OCH3 is 1. The molecule has 2 aliphatic heterocycles. The highest BCUT2D eigenvalue weighted by molar-refractivity contribution is 5.80. The first-order chi connectivity index (χ1) is 14.6. The molecule has 2 aliphatic rings. The number of hydrogen-bond acceptors (Lipinski definition) is 6. The number of nitrogens with zero attached hydrogens (tertiary/aromatic N) is 4. The predicted molar refractivity (Wildman–Crippen MR) is 118 cm³/mol. The lowest BCUT2D eigenvalue weighted by molar-refractivity contribution is 0.0536. The molecule has 1 aromatic rings. The summed E-state index contributed by atoms with van der Waals surface area (Å²) >= 11 is 0. The van der Waals surface area contributed by atoms with Crippen LogP contribution in [0.25, 0.3) is 0 Å². The van der Waals surface area contributed by atoms with Crippen LogP contribution >= 0.6 is 0 Å². The Morgan fingerprint density at radius 3 is 2.60 bits per heavy atom. The van der Waals surface area contributed by atoms with Crippen LogP contribution in [0.3, 0.4) is 0 Å². The fourth-order valence-electron chi connectivity index (χ4n) is 4.27. The Morgan fingerprint density at radius 2 is 1.93 bits per heavy atom. The van der Waals surface area contributed by atoms with Crippen molar-refractivity contribution in [3.05, 3.63) is 17.3 Å². The lowest BCUT2D eigenvalue weighted by atomic mass is 9.97. The maximum atomic E-state index is 5.74. The van der Waals surface area contributed by atoms with E-state index in [-0.39, 0.29) is 0 Å². The number of aromatic nitrogens is 1. The second-order valence-corrected chi connectivity index (χ2v) is 8.57. The third kappa shape index (κ3) is 6.68. The SMILES string of the molecule is CN=C(NCC1CCN(Cc2nc(C)c(C)o2)CC1)N1CCC(COCCOC)C1. The Balaban J connectivity index is 1.34. The van der Waals surface area contributed by atoms with E-state index in [2.05, 4.69) is 25.1 Å². The maximum Gasteiger partial charge on any atom is 0.208 e. The Morgan fingerprint density at radius 1 is 1.17 bits per heavy atom. The van der Waals surface area contributed by atoms with Crippen LogP contribution in [0.4, 0.5) is 0 Å². The highest BCUT2D eigenvalue weighted by Crippen LogP contribution is 2.20. The van der Waals surface area contributed by atoms with Gasteiger partial charge in [0, 0.05) is 39.7 Å². The molecule has 0 aromatic carbocycles. The molecule has 1 aromatic heterocycles. The van der Waals surface area contributed by atoms with Crippen molar-refractivity contribution in [1.82, 2.24) is 20.1 Å². The number of guanidine groups is 1. The molecule has 3 rings (SSSR count). The number of hydrogen-bond donors (Lipinski definition) is 1. The zero-order valence-electron chi connectivity index (χ0n) is 19.2. The summed E-state index contributed by atoms with van der Waals surface area (Å²) in [6, 6.07) is 0. The molecule has 0 aliphatic carbocycles. The molecule has 8 heteroatoms. The van der Waals surface area contributed by atoms with Crippen molar-refractivity contribution in [3.63, 3.8) is 0 Å². The van der Waals surface area contributed by atoms with Gasteiger partial charge in [0.25, 0.3) is 0 Å². The number of piperidine rings is 1. The number of oxazole rings is 1. The summed E-state index contributed by atoms with van der Waals surface area (Å²) in [5.74, 6) is 4.06. The number of nitrogens with one attached hydrogen (secondary N) is 1. The van der Waals surface area contributed by atoms with Gasteiger partial charge in [-0.3, -0.25) is 9.89 Å². The van der Waals surface area contributed by atoms with Crippen LogP contribution in [0.5, 0.6) is 0 Å². The van der Waals surface area contributed by atoms with Gasteiger partial charge in [-0.25, -0.2) is 4.98 Å². The molecule has 2 fully saturated rings. The average molecular weight is 422 g/mol. The van der Waals surface area contributed by atoms with Crippen molar-refractivity contribution in [1.29, 1.82) is 0 Å². The molecule has 2 saturated heterocycles. The van der Waals surface area contributed by atoms with Crippen molar-refractivity contribution in [2.75, 3.05) is 66.7 Å². The van der Waals surface area contributed by atoms with Gasteiger partial charge in [0.05, 0.1) is 32.1 Å². The van der Waals surface area contributed by atoms with Crippen LogP contribution in [0.2, 0.25) is 0 Å². The third-order valence-corrected chi connectivity index (χ3v) is 6.27. The first kappa shape index (κ1) is 23.0. The lowest BCUT2D eigenvalue weighted by Gasteiger charge is -2.32. The number of likely N-dealkylation sites (tertiary alicyclic amines) is 2. The Bertz CT molecular complexity index is 650. The number of ether oxygens (including phenoxy) is 2.